The van der Waals surface area contributed by atoms with Crippen LogP contribution >= 0.6 is 11.8 Å². The number of carbonyl (C=O) groups is 8. The summed E-state index contributed by atoms with van der Waals surface area (Å²) in [4.78, 5) is 114. The molecule has 0 spiro atoms. The van der Waals surface area contributed by atoms with Gasteiger partial charge in [-0.25, -0.2) is 4.79 Å². The second kappa shape index (κ2) is 28.8. The second-order valence-corrected chi connectivity index (χ2v) is 23.1. The summed E-state index contributed by atoms with van der Waals surface area (Å²) < 4.78 is 11.9. The molecule has 2 aliphatic heterocycles. The molecule has 0 bridgehead atoms. The highest BCUT2D eigenvalue weighted by molar-refractivity contribution is 8.02. The van der Waals surface area contributed by atoms with E-state index in [1.165, 1.54) is 24.0 Å². The van der Waals surface area contributed by atoms with Gasteiger partial charge in [-0.1, -0.05) is 112 Å². The normalized spacial score (nSPS) is 19.6. The van der Waals surface area contributed by atoms with Gasteiger partial charge in [-0.15, -0.1) is 11.8 Å². The third-order valence-electron chi connectivity index (χ3n) is 14.9. The molecule has 17 nitrogen and oxygen atoms in total. The molecule has 6 unspecified atom stereocenters. The van der Waals surface area contributed by atoms with Crippen LogP contribution in [-0.2, 0) is 54.3 Å². The smallest absolute Gasteiger partial charge is 0.326 e. The molecule has 7 amide bonds. The molecule has 72 heavy (non-hydrogen) atoms. The van der Waals surface area contributed by atoms with Gasteiger partial charge in [0.15, 0.2) is 0 Å². The van der Waals surface area contributed by atoms with Crippen LogP contribution in [0.3, 0.4) is 0 Å². The van der Waals surface area contributed by atoms with Crippen molar-refractivity contribution >= 4 is 59.1 Å². The monoisotopic (exact) mass is 1030 g/mol. The zero-order valence-corrected chi connectivity index (χ0v) is 46.6. The first-order chi connectivity index (χ1) is 33.8. The lowest BCUT2D eigenvalue weighted by Gasteiger charge is -2.41. The number of hydrogen-bond donors (Lipinski definition) is 3. The van der Waals surface area contributed by atoms with E-state index in [0.29, 0.717) is 51.6 Å². The minimum atomic E-state index is -1.16. The van der Waals surface area contributed by atoms with Gasteiger partial charge in [0.1, 0.15) is 18.1 Å². The zero-order chi connectivity index (χ0) is 54.2. The summed E-state index contributed by atoms with van der Waals surface area (Å²) in [5, 5.41) is 15.3. The maximum atomic E-state index is 14.7. The highest BCUT2D eigenvalue weighted by Crippen LogP contribution is 2.37. The summed E-state index contributed by atoms with van der Waals surface area (Å²) in [5.41, 5.74) is 0.763. The number of carboxylic acid groups (broad SMARTS) is 1. The maximum Gasteiger partial charge on any atom is 0.326 e. The summed E-state index contributed by atoms with van der Waals surface area (Å²) in [5.74, 6) is -4.84. The number of imide groups is 1. The molecular formula is C54H88N6O11S. The first-order valence-electron chi connectivity index (χ1n) is 26.1. The van der Waals surface area contributed by atoms with Crippen LogP contribution in [0, 0.1) is 23.7 Å². The third kappa shape index (κ3) is 16.7. The number of likely N-dealkylation sites (N-methyl/N-ethyl adjacent to an activating group) is 2. The minimum Gasteiger partial charge on any atom is -0.480 e. The molecule has 2 aliphatic rings. The molecule has 2 heterocycles. The van der Waals surface area contributed by atoms with E-state index >= 15 is 0 Å². The first kappa shape index (κ1) is 61.7. The Labute approximate surface area is 434 Å². The molecule has 2 saturated heterocycles. The number of aliphatic carboxylic acids is 1. The lowest BCUT2D eigenvalue weighted by molar-refractivity contribution is -0.149. The van der Waals surface area contributed by atoms with Crippen LogP contribution in [0.2, 0.25) is 0 Å². The molecule has 3 N–H and O–H groups in total. The molecule has 0 aliphatic carbocycles. The van der Waals surface area contributed by atoms with Crippen molar-refractivity contribution in [1.82, 2.24) is 30.2 Å². The van der Waals surface area contributed by atoms with E-state index in [4.69, 9.17) is 9.47 Å². The molecule has 18 heteroatoms. The summed E-state index contributed by atoms with van der Waals surface area (Å²) in [6.07, 6.45) is 3.37. The molecule has 0 aromatic heterocycles. The number of nitrogens with zero attached hydrogens (tertiary/aromatic N) is 4. The molecule has 3 rings (SSSR count). The lowest BCUT2D eigenvalue weighted by atomic mass is 9.89. The van der Waals surface area contributed by atoms with Crippen LogP contribution in [0.15, 0.2) is 30.3 Å². The molecule has 1 aromatic rings. The summed E-state index contributed by atoms with van der Waals surface area (Å²) in [6, 6.07) is 4.97. The molecule has 0 radical (unpaired) electrons. The SMILES string of the molecule is CCC(C)C(C(CC(=O)N1CCC[C@H]1[C@H](OC)[C@@H](C)C(=O)NC(Cc1ccccc1)C(=O)O)OC)N(C)C(=O)[C@@H](NC(=O)C(C(C)C)N(C)C(=O)CCCCCN1C(=O)CC(SC(C)(C)CC)C1=O)C(C)C. The third-order valence-corrected chi connectivity index (χ3v) is 16.5. The number of methoxy groups -OCH3 is 2. The number of thioether (sulfide) groups is 1. The number of carboxylic acids is 1. The van der Waals surface area contributed by atoms with E-state index in [-0.39, 0.29) is 83.0 Å². The van der Waals surface area contributed by atoms with Crippen molar-refractivity contribution in [2.45, 2.75) is 192 Å². The number of benzene rings is 1. The Balaban J connectivity index is 1.68. The molecular weight excluding hydrogens is 941 g/mol. The van der Waals surface area contributed by atoms with E-state index in [2.05, 4.69) is 31.4 Å². The van der Waals surface area contributed by atoms with Crippen molar-refractivity contribution in [2.24, 2.45) is 23.7 Å². The zero-order valence-electron chi connectivity index (χ0n) is 45.7. The standard InChI is InChI=1S/C54H88N6O11S/c1-15-35(7)47(40(70-13)31-43(62)59-29-23-26-39(59)48(71-14)36(8)49(64)55-38(53(68)69)30-37-24-19-17-20-25-37)58(12)52(67)45(33(3)4)56-50(65)46(34(5)6)57(11)42(61)27-21-18-22-28-60-44(63)32-41(51(60)66)72-54(9,10)16-2/h17,19-20,24-25,33-36,38-41,45-48H,15-16,18,21-23,26-32H2,1-14H3,(H,55,64)(H,56,65)(H,68,69)/t35?,36-,38?,39+,40?,41?,45+,46?,47?,48-/m1/s1. The first-order valence-corrected chi connectivity index (χ1v) is 27.0. The van der Waals surface area contributed by atoms with Crippen LogP contribution in [0.25, 0.3) is 0 Å². The van der Waals surface area contributed by atoms with Crippen LogP contribution in [-0.4, -0.2) is 166 Å². The van der Waals surface area contributed by atoms with E-state index in [0.717, 1.165) is 12.0 Å². The molecule has 2 fully saturated rings. The number of nitrogens with one attached hydrogen (secondary N) is 2. The molecule has 406 valence electrons. The minimum absolute atomic E-state index is 0.0818. The average Bonchev–Trinajstić information content (AvgIpc) is 3.92. The summed E-state index contributed by atoms with van der Waals surface area (Å²) in [7, 11) is 6.24. The van der Waals surface area contributed by atoms with Crippen LogP contribution in [0.1, 0.15) is 139 Å². The van der Waals surface area contributed by atoms with Gasteiger partial charge in [0.05, 0.1) is 41.9 Å². The topological polar surface area (TPSA) is 212 Å². The Morgan fingerprint density at radius 3 is 2.08 bits per heavy atom. The largest absolute Gasteiger partial charge is 0.480 e. The number of ether oxygens (including phenoxy) is 2. The van der Waals surface area contributed by atoms with Crippen molar-refractivity contribution in [3.05, 3.63) is 35.9 Å². The van der Waals surface area contributed by atoms with Gasteiger partial charge in [0.2, 0.25) is 41.4 Å². The van der Waals surface area contributed by atoms with Gasteiger partial charge < -0.3 is 39.9 Å². The van der Waals surface area contributed by atoms with Gasteiger partial charge in [0, 0.05) is 65.4 Å². The van der Waals surface area contributed by atoms with Crippen molar-refractivity contribution in [2.75, 3.05) is 41.4 Å². The number of hydrogen-bond acceptors (Lipinski definition) is 11. The van der Waals surface area contributed by atoms with Gasteiger partial charge in [-0.3, -0.25) is 38.5 Å². The Bertz CT molecular complexity index is 1990. The highest BCUT2D eigenvalue weighted by atomic mass is 32.2. The molecule has 0 saturated carbocycles. The maximum absolute atomic E-state index is 14.7. The van der Waals surface area contributed by atoms with Crippen molar-refractivity contribution in [3.8, 4) is 0 Å². The summed E-state index contributed by atoms with van der Waals surface area (Å²) >= 11 is 1.55. The van der Waals surface area contributed by atoms with E-state index in [1.54, 1.807) is 66.8 Å². The summed E-state index contributed by atoms with van der Waals surface area (Å²) in [6.45, 7) is 20.0. The van der Waals surface area contributed by atoms with Crippen molar-refractivity contribution in [1.29, 1.82) is 0 Å². The van der Waals surface area contributed by atoms with Crippen molar-refractivity contribution < 1.29 is 52.9 Å². The molecule has 10 atom stereocenters. The average molecular weight is 1030 g/mol. The lowest BCUT2D eigenvalue weighted by Crippen LogP contribution is -2.60. The number of amides is 7. The van der Waals surface area contributed by atoms with E-state index in [9.17, 15) is 43.5 Å². The Kier molecular flexibility index (Phi) is 24.7. The van der Waals surface area contributed by atoms with E-state index < -0.39 is 66.1 Å². The number of unbranched alkanes of at least 4 members (excludes halogenated alkanes) is 2. The van der Waals surface area contributed by atoms with Gasteiger partial charge in [-0.05, 0) is 55.4 Å². The van der Waals surface area contributed by atoms with Crippen LogP contribution < -0.4 is 10.6 Å². The van der Waals surface area contributed by atoms with Crippen LogP contribution in [0.5, 0.6) is 0 Å². The van der Waals surface area contributed by atoms with E-state index in [1.807, 2.05) is 47.6 Å². The fourth-order valence-electron chi connectivity index (χ4n) is 10.1. The number of rotatable bonds is 30. The number of carbonyl (C=O) groups excluding carboxylic acids is 7. The van der Waals surface area contributed by atoms with Gasteiger partial charge in [-0.2, -0.15) is 0 Å². The Morgan fingerprint density at radius 2 is 1.53 bits per heavy atom. The number of likely N-dealkylation sites (tertiary alicyclic amines) is 2. The van der Waals surface area contributed by atoms with Crippen LogP contribution in [0.4, 0.5) is 0 Å². The second-order valence-electron chi connectivity index (χ2n) is 21.2. The molecule has 1 aromatic carbocycles. The highest BCUT2D eigenvalue weighted by Gasteiger charge is 2.45. The van der Waals surface area contributed by atoms with Gasteiger partial charge >= 0.3 is 5.97 Å². The predicted octanol–water partition coefficient (Wildman–Crippen LogP) is 5.95. The van der Waals surface area contributed by atoms with Gasteiger partial charge in [0.25, 0.3) is 0 Å². The Hall–Kier alpha value is -4.55. The predicted molar refractivity (Wildman–Crippen MR) is 280 cm³/mol. The fourth-order valence-corrected chi connectivity index (χ4v) is 11.5. The van der Waals surface area contributed by atoms with Crippen molar-refractivity contribution in [3.63, 3.8) is 0 Å². The quantitative estimate of drug-likeness (QED) is 0.0603. The fraction of sp³-hybridized carbons (Fsp3) is 0.741. The Morgan fingerprint density at radius 1 is 0.875 bits per heavy atom.